The van der Waals surface area contributed by atoms with E-state index in [4.69, 9.17) is 4.74 Å². The van der Waals surface area contributed by atoms with E-state index in [0.717, 1.165) is 43.2 Å². The molecule has 0 aromatic heterocycles. The lowest BCUT2D eigenvalue weighted by Gasteiger charge is -2.43. The smallest absolute Gasteiger partial charge is 0.408 e. The Labute approximate surface area is 221 Å². The zero-order chi connectivity index (χ0) is 26.8. The van der Waals surface area contributed by atoms with Gasteiger partial charge in [0.15, 0.2) is 0 Å². The second kappa shape index (κ2) is 13.3. The number of hydrogen-bond donors (Lipinski definition) is 2. The molecule has 0 bridgehead atoms. The Morgan fingerprint density at radius 3 is 2.16 bits per heavy atom. The van der Waals surface area contributed by atoms with Crippen LogP contribution in [0.4, 0.5) is 4.79 Å². The van der Waals surface area contributed by atoms with Crippen LogP contribution in [-0.2, 0) is 20.7 Å². The summed E-state index contributed by atoms with van der Waals surface area (Å²) < 4.78 is 5.49. The van der Waals surface area contributed by atoms with Gasteiger partial charge in [-0.1, -0.05) is 74.0 Å². The van der Waals surface area contributed by atoms with Crippen molar-refractivity contribution >= 4 is 17.9 Å². The Hall–Kier alpha value is -3.35. The number of benzene rings is 2. The second-order valence-corrected chi connectivity index (χ2v) is 10.7. The molecule has 1 aliphatic rings. The number of carbonyl (C=O) groups excluding carboxylic acids is 3. The van der Waals surface area contributed by atoms with Crippen molar-refractivity contribution < 1.29 is 19.1 Å². The van der Waals surface area contributed by atoms with Crippen LogP contribution in [0.25, 0.3) is 0 Å². The lowest BCUT2D eigenvalue weighted by atomic mass is 9.87. The third-order valence-corrected chi connectivity index (χ3v) is 6.47. The average Bonchev–Trinajstić information content (AvgIpc) is 2.82. The molecule has 3 rings (SSSR count). The molecular formula is C30H41N3O4. The van der Waals surface area contributed by atoms with Gasteiger partial charge in [-0.2, -0.15) is 0 Å². The third-order valence-electron chi connectivity index (χ3n) is 6.47. The van der Waals surface area contributed by atoms with Crippen LogP contribution < -0.4 is 10.6 Å². The van der Waals surface area contributed by atoms with Crippen LogP contribution in [0, 0.1) is 0 Å². The van der Waals surface area contributed by atoms with Crippen molar-refractivity contribution in [3.63, 3.8) is 0 Å². The Morgan fingerprint density at radius 2 is 1.62 bits per heavy atom. The topological polar surface area (TPSA) is 87.7 Å². The first-order valence-electron chi connectivity index (χ1n) is 13.4. The van der Waals surface area contributed by atoms with Crippen LogP contribution in [0.2, 0.25) is 0 Å². The highest BCUT2D eigenvalue weighted by Gasteiger charge is 2.41. The zero-order valence-corrected chi connectivity index (χ0v) is 22.5. The van der Waals surface area contributed by atoms with Gasteiger partial charge < -0.3 is 20.3 Å². The Morgan fingerprint density at radius 1 is 1.00 bits per heavy atom. The van der Waals surface area contributed by atoms with Gasteiger partial charge >= 0.3 is 6.09 Å². The van der Waals surface area contributed by atoms with Gasteiger partial charge in [0.25, 0.3) is 0 Å². The first kappa shape index (κ1) is 28.2. The molecule has 7 nitrogen and oxygen atoms in total. The second-order valence-electron chi connectivity index (χ2n) is 10.7. The highest BCUT2D eigenvalue weighted by Crippen LogP contribution is 2.34. The van der Waals surface area contributed by atoms with Crippen molar-refractivity contribution in [1.29, 1.82) is 0 Å². The molecule has 2 aromatic carbocycles. The number of rotatable bonds is 11. The van der Waals surface area contributed by atoms with Gasteiger partial charge in [0.1, 0.15) is 17.7 Å². The minimum atomic E-state index is -0.882. The van der Waals surface area contributed by atoms with Gasteiger partial charge in [-0.3, -0.25) is 9.59 Å². The third kappa shape index (κ3) is 8.34. The van der Waals surface area contributed by atoms with Gasteiger partial charge in [0.05, 0.1) is 0 Å². The molecule has 2 N–H and O–H groups in total. The molecule has 2 aromatic rings. The molecule has 1 aliphatic carbocycles. The van der Waals surface area contributed by atoms with Crippen molar-refractivity contribution in [2.24, 2.45) is 0 Å². The molecule has 2 atom stereocenters. The van der Waals surface area contributed by atoms with Crippen LogP contribution in [0.15, 0.2) is 60.7 Å². The van der Waals surface area contributed by atoms with Crippen LogP contribution >= 0.6 is 0 Å². The summed E-state index contributed by atoms with van der Waals surface area (Å²) in [7, 11) is 0. The largest absolute Gasteiger partial charge is 0.444 e. The minimum absolute atomic E-state index is 0.0756. The predicted octanol–water partition coefficient (Wildman–Crippen LogP) is 5.16. The summed E-state index contributed by atoms with van der Waals surface area (Å²) >= 11 is 0. The van der Waals surface area contributed by atoms with E-state index in [0.29, 0.717) is 13.0 Å². The molecule has 2 unspecified atom stereocenters. The molecule has 37 heavy (non-hydrogen) atoms. The average molecular weight is 508 g/mol. The lowest BCUT2D eigenvalue weighted by molar-refractivity contribution is -0.147. The van der Waals surface area contributed by atoms with Gasteiger partial charge in [-0.15, -0.1) is 0 Å². The zero-order valence-electron chi connectivity index (χ0n) is 22.5. The quantitative estimate of drug-likeness (QED) is 0.411. The van der Waals surface area contributed by atoms with E-state index < -0.39 is 23.8 Å². The lowest BCUT2D eigenvalue weighted by Crippen LogP contribution is -2.58. The summed E-state index contributed by atoms with van der Waals surface area (Å²) in [6, 6.07) is 17.3. The SMILES string of the molecule is CCCCNC(=O)C(c1ccccc1)N(C(=O)C(Cc1ccccc1)NC(=O)OC(C)(C)C)C1CCC1. The van der Waals surface area contributed by atoms with Crippen molar-refractivity contribution in [2.75, 3.05) is 6.54 Å². The van der Waals surface area contributed by atoms with E-state index in [1.807, 2.05) is 60.7 Å². The summed E-state index contributed by atoms with van der Waals surface area (Å²) in [5.74, 6) is -0.477. The molecule has 3 amide bonds. The van der Waals surface area contributed by atoms with Crippen molar-refractivity contribution in [3.05, 3.63) is 71.8 Å². The Balaban J connectivity index is 1.97. The van der Waals surface area contributed by atoms with E-state index in [-0.39, 0.29) is 17.9 Å². The molecule has 0 saturated heterocycles. The summed E-state index contributed by atoms with van der Waals surface area (Å²) in [6.07, 6.45) is 4.10. The monoisotopic (exact) mass is 507 g/mol. The van der Waals surface area contributed by atoms with Gasteiger partial charge in [0.2, 0.25) is 11.8 Å². The highest BCUT2D eigenvalue weighted by molar-refractivity contribution is 5.92. The predicted molar refractivity (Wildman–Crippen MR) is 145 cm³/mol. The van der Waals surface area contributed by atoms with Gasteiger partial charge in [0, 0.05) is 19.0 Å². The van der Waals surface area contributed by atoms with Crippen LogP contribution in [-0.4, -0.2) is 47.0 Å². The molecular weight excluding hydrogens is 466 g/mol. The number of hydrogen-bond acceptors (Lipinski definition) is 4. The van der Waals surface area contributed by atoms with Gasteiger partial charge in [-0.25, -0.2) is 4.79 Å². The fraction of sp³-hybridized carbons (Fsp3) is 0.500. The molecule has 0 aliphatic heterocycles. The summed E-state index contributed by atoms with van der Waals surface area (Å²) in [5.41, 5.74) is 0.964. The van der Waals surface area contributed by atoms with Crippen molar-refractivity contribution in [1.82, 2.24) is 15.5 Å². The van der Waals surface area contributed by atoms with Crippen LogP contribution in [0.5, 0.6) is 0 Å². The number of nitrogens with zero attached hydrogens (tertiary/aromatic N) is 1. The Kier molecular flexibility index (Phi) is 10.1. The normalized spacial score (nSPS) is 15.1. The maximum atomic E-state index is 14.3. The number of carbonyl (C=O) groups is 3. The van der Waals surface area contributed by atoms with Crippen molar-refractivity contribution in [2.45, 2.75) is 89.9 Å². The van der Waals surface area contributed by atoms with Crippen LogP contribution in [0.1, 0.15) is 77.0 Å². The molecule has 0 radical (unpaired) electrons. The van der Waals surface area contributed by atoms with Gasteiger partial charge in [-0.05, 0) is 57.6 Å². The number of nitrogens with one attached hydrogen (secondary N) is 2. The summed E-state index contributed by atoms with van der Waals surface area (Å²) in [5, 5.41) is 5.86. The van der Waals surface area contributed by atoms with E-state index in [1.165, 1.54) is 0 Å². The van der Waals surface area contributed by atoms with E-state index >= 15 is 0 Å². The number of unbranched alkanes of at least 4 members (excludes halogenated alkanes) is 1. The van der Waals surface area contributed by atoms with Crippen molar-refractivity contribution in [3.8, 4) is 0 Å². The van der Waals surface area contributed by atoms with Crippen LogP contribution in [0.3, 0.4) is 0 Å². The molecule has 200 valence electrons. The molecule has 1 saturated carbocycles. The van der Waals surface area contributed by atoms with E-state index in [2.05, 4.69) is 17.6 Å². The first-order valence-corrected chi connectivity index (χ1v) is 13.4. The molecule has 7 heteroatoms. The standard InChI is InChI=1S/C30H41N3O4/c1-5-6-20-31-27(34)26(23-16-11-8-12-17-23)33(24-18-13-19-24)28(35)25(21-22-14-9-7-10-15-22)32-29(36)37-30(2,3)4/h7-12,14-17,24-26H,5-6,13,18-21H2,1-4H3,(H,31,34)(H,32,36). The Bertz CT molecular complexity index is 1020. The van der Waals surface area contributed by atoms with E-state index in [1.54, 1.807) is 25.7 Å². The summed E-state index contributed by atoms with van der Waals surface area (Å²) in [6.45, 7) is 7.98. The molecule has 0 heterocycles. The summed E-state index contributed by atoms with van der Waals surface area (Å²) in [4.78, 5) is 42.4. The first-order chi connectivity index (χ1) is 17.7. The maximum absolute atomic E-state index is 14.3. The highest BCUT2D eigenvalue weighted by atomic mass is 16.6. The fourth-order valence-electron chi connectivity index (χ4n) is 4.42. The number of alkyl carbamates (subject to hydrolysis) is 1. The van der Waals surface area contributed by atoms with E-state index in [9.17, 15) is 14.4 Å². The minimum Gasteiger partial charge on any atom is -0.444 e. The number of amides is 3. The fourth-order valence-corrected chi connectivity index (χ4v) is 4.42. The molecule has 0 spiro atoms. The molecule has 1 fully saturated rings. The number of ether oxygens (including phenoxy) is 1. The maximum Gasteiger partial charge on any atom is 0.408 e.